The number of nitrogens with zero attached hydrogens (tertiary/aromatic N) is 1. The van der Waals surface area contributed by atoms with Crippen molar-refractivity contribution in [3.63, 3.8) is 0 Å². The fourth-order valence-electron chi connectivity index (χ4n) is 2.63. The van der Waals surface area contributed by atoms with Crippen LogP contribution in [-0.2, 0) is 22.4 Å². The highest BCUT2D eigenvalue weighted by Gasteiger charge is 2.20. The first-order valence-corrected chi connectivity index (χ1v) is 8.53. The Morgan fingerprint density at radius 1 is 1.27 bits per heavy atom. The van der Waals surface area contributed by atoms with Crippen molar-refractivity contribution in [1.82, 2.24) is 10.5 Å². The Bertz CT molecular complexity index is 732. The molecule has 1 heterocycles. The summed E-state index contributed by atoms with van der Waals surface area (Å²) in [7, 11) is 0. The van der Waals surface area contributed by atoms with E-state index in [9.17, 15) is 14.7 Å². The van der Waals surface area contributed by atoms with E-state index in [4.69, 9.17) is 9.26 Å². The highest BCUT2D eigenvalue weighted by Crippen LogP contribution is 2.16. The van der Waals surface area contributed by atoms with Crippen LogP contribution in [0.25, 0.3) is 0 Å². The van der Waals surface area contributed by atoms with Gasteiger partial charge >= 0.3 is 5.97 Å². The highest BCUT2D eigenvalue weighted by atomic mass is 16.5. The van der Waals surface area contributed by atoms with Crippen molar-refractivity contribution in [2.24, 2.45) is 5.92 Å². The molecule has 1 atom stereocenters. The number of nitrogens with one attached hydrogen (secondary N) is 1. The predicted molar refractivity (Wildman–Crippen MR) is 95.1 cm³/mol. The molecule has 0 saturated carbocycles. The minimum absolute atomic E-state index is 0.0603. The van der Waals surface area contributed by atoms with Crippen molar-refractivity contribution in [3.8, 4) is 5.75 Å². The molecular formula is C19H24N2O5. The van der Waals surface area contributed by atoms with Gasteiger partial charge in [-0.1, -0.05) is 17.3 Å². The Hall–Kier alpha value is -2.83. The molecule has 0 bridgehead atoms. The van der Waals surface area contributed by atoms with E-state index in [-0.39, 0.29) is 18.9 Å². The van der Waals surface area contributed by atoms with Gasteiger partial charge in [0, 0.05) is 12.1 Å². The number of hydrogen-bond donors (Lipinski definition) is 2. The number of aryl methyl sites for hydroxylation is 2. The molecule has 140 valence electrons. The lowest BCUT2D eigenvalue weighted by atomic mass is 9.99. The smallest absolute Gasteiger partial charge is 0.308 e. The van der Waals surface area contributed by atoms with Crippen LogP contribution in [0.3, 0.4) is 0 Å². The number of amides is 1. The van der Waals surface area contributed by atoms with Crippen LogP contribution in [0, 0.1) is 19.8 Å². The van der Waals surface area contributed by atoms with Crippen LogP contribution in [0.1, 0.15) is 29.5 Å². The number of carboxylic acid groups (broad SMARTS) is 1. The molecule has 1 aromatic carbocycles. The molecule has 1 unspecified atom stereocenters. The van der Waals surface area contributed by atoms with E-state index in [1.165, 1.54) is 0 Å². The second-order valence-electron chi connectivity index (χ2n) is 6.10. The molecule has 2 aromatic rings. The summed E-state index contributed by atoms with van der Waals surface area (Å²) in [5.41, 5.74) is 2.28. The molecular weight excluding hydrogens is 336 g/mol. The second kappa shape index (κ2) is 9.03. The third kappa shape index (κ3) is 5.34. The SMILES string of the molecule is CCOc1ccc(CC(CNC(=O)Cc2c(C)noc2C)C(=O)O)cc1. The summed E-state index contributed by atoms with van der Waals surface area (Å²) in [6.45, 7) is 6.05. The van der Waals surface area contributed by atoms with Gasteiger partial charge in [-0.05, 0) is 44.9 Å². The number of hydrogen-bond acceptors (Lipinski definition) is 5. The number of rotatable bonds is 9. The van der Waals surface area contributed by atoms with Crippen molar-refractivity contribution in [2.45, 2.75) is 33.6 Å². The number of carbonyl (C=O) groups is 2. The average molecular weight is 360 g/mol. The Balaban J connectivity index is 1.91. The standard InChI is InChI=1S/C19H24N2O5/c1-4-25-16-7-5-14(6-8-16)9-15(19(23)24)11-20-18(22)10-17-12(2)21-26-13(17)3/h5-8,15H,4,9-11H2,1-3H3,(H,20,22)(H,23,24). The van der Waals surface area contributed by atoms with Crippen LogP contribution in [0.2, 0.25) is 0 Å². The monoisotopic (exact) mass is 360 g/mol. The van der Waals surface area contributed by atoms with E-state index in [1.807, 2.05) is 31.2 Å². The molecule has 0 saturated heterocycles. The molecule has 0 aliphatic heterocycles. The number of carboxylic acids is 1. The Morgan fingerprint density at radius 2 is 1.96 bits per heavy atom. The van der Waals surface area contributed by atoms with Crippen LogP contribution in [0.4, 0.5) is 0 Å². The van der Waals surface area contributed by atoms with Crippen LogP contribution in [0.5, 0.6) is 5.75 Å². The molecule has 0 fully saturated rings. The van der Waals surface area contributed by atoms with E-state index in [2.05, 4.69) is 10.5 Å². The highest BCUT2D eigenvalue weighted by molar-refractivity contribution is 5.80. The maximum Gasteiger partial charge on any atom is 0.308 e. The molecule has 2 rings (SSSR count). The summed E-state index contributed by atoms with van der Waals surface area (Å²) in [6, 6.07) is 7.31. The van der Waals surface area contributed by atoms with Gasteiger partial charge < -0.3 is 19.7 Å². The largest absolute Gasteiger partial charge is 0.494 e. The van der Waals surface area contributed by atoms with Gasteiger partial charge in [0.1, 0.15) is 11.5 Å². The molecule has 0 aliphatic carbocycles. The van der Waals surface area contributed by atoms with Crippen molar-refractivity contribution >= 4 is 11.9 Å². The molecule has 2 N–H and O–H groups in total. The van der Waals surface area contributed by atoms with E-state index in [1.54, 1.807) is 13.8 Å². The zero-order valence-corrected chi connectivity index (χ0v) is 15.2. The first kappa shape index (κ1) is 19.5. The molecule has 7 nitrogen and oxygen atoms in total. The number of benzene rings is 1. The third-order valence-electron chi connectivity index (χ3n) is 4.13. The Labute approximate surface area is 152 Å². The Kier molecular flexibility index (Phi) is 6.77. The molecule has 0 spiro atoms. The second-order valence-corrected chi connectivity index (χ2v) is 6.10. The van der Waals surface area contributed by atoms with Crippen molar-refractivity contribution in [3.05, 3.63) is 46.8 Å². The average Bonchev–Trinajstić information content (AvgIpc) is 2.92. The van der Waals surface area contributed by atoms with Crippen molar-refractivity contribution < 1.29 is 24.0 Å². The third-order valence-corrected chi connectivity index (χ3v) is 4.13. The number of carbonyl (C=O) groups excluding carboxylic acids is 1. The summed E-state index contributed by atoms with van der Waals surface area (Å²) in [4.78, 5) is 23.6. The molecule has 1 amide bonds. The lowest BCUT2D eigenvalue weighted by Gasteiger charge is -2.14. The van der Waals surface area contributed by atoms with Gasteiger partial charge in [-0.3, -0.25) is 9.59 Å². The number of aromatic nitrogens is 1. The van der Waals surface area contributed by atoms with E-state index >= 15 is 0 Å². The summed E-state index contributed by atoms with van der Waals surface area (Å²) < 4.78 is 10.4. The van der Waals surface area contributed by atoms with Crippen LogP contribution in [-0.4, -0.2) is 35.3 Å². The molecule has 0 aliphatic rings. The van der Waals surface area contributed by atoms with Crippen molar-refractivity contribution in [2.75, 3.05) is 13.2 Å². The zero-order chi connectivity index (χ0) is 19.1. The topological polar surface area (TPSA) is 102 Å². The summed E-state index contributed by atoms with van der Waals surface area (Å²) >= 11 is 0. The van der Waals surface area contributed by atoms with Gasteiger partial charge in [0.05, 0.1) is 24.6 Å². The van der Waals surface area contributed by atoms with Gasteiger partial charge in [0.2, 0.25) is 5.91 Å². The first-order chi connectivity index (χ1) is 12.4. The molecule has 0 radical (unpaired) electrons. The molecule has 26 heavy (non-hydrogen) atoms. The van der Waals surface area contributed by atoms with Gasteiger partial charge in [-0.15, -0.1) is 0 Å². The maximum atomic E-state index is 12.1. The van der Waals surface area contributed by atoms with Gasteiger partial charge in [-0.25, -0.2) is 0 Å². The Morgan fingerprint density at radius 3 is 2.50 bits per heavy atom. The van der Waals surface area contributed by atoms with Gasteiger partial charge in [0.15, 0.2) is 0 Å². The molecule has 7 heteroatoms. The first-order valence-electron chi connectivity index (χ1n) is 8.53. The maximum absolute atomic E-state index is 12.1. The van der Waals surface area contributed by atoms with E-state index in [0.29, 0.717) is 24.5 Å². The van der Waals surface area contributed by atoms with Crippen LogP contribution < -0.4 is 10.1 Å². The predicted octanol–water partition coefficient (Wildman–Crippen LogP) is 2.29. The fourth-order valence-corrected chi connectivity index (χ4v) is 2.63. The van der Waals surface area contributed by atoms with Crippen LogP contribution >= 0.6 is 0 Å². The lowest BCUT2D eigenvalue weighted by Crippen LogP contribution is -2.35. The van der Waals surface area contributed by atoms with E-state index in [0.717, 1.165) is 16.9 Å². The van der Waals surface area contributed by atoms with Crippen molar-refractivity contribution in [1.29, 1.82) is 0 Å². The number of aliphatic carboxylic acids is 1. The normalized spacial score (nSPS) is 11.8. The summed E-state index contributed by atoms with van der Waals surface area (Å²) in [5, 5.41) is 15.9. The zero-order valence-electron chi connectivity index (χ0n) is 15.2. The quantitative estimate of drug-likeness (QED) is 0.711. The fraction of sp³-hybridized carbons (Fsp3) is 0.421. The molecule has 1 aromatic heterocycles. The van der Waals surface area contributed by atoms with Gasteiger partial charge in [0.25, 0.3) is 0 Å². The van der Waals surface area contributed by atoms with Crippen LogP contribution in [0.15, 0.2) is 28.8 Å². The summed E-state index contributed by atoms with van der Waals surface area (Å²) in [6.07, 6.45) is 0.448. The van der Waals surface area contributed by atoms with E-state index < -0.39 is 11.9 Å². The van der Waals surface area contributed by atoms with Gasteiger partial charge in [-0.2, -0.15) is 0 Å². The minimum Gasteiger partial charge on any atom is -0.494 e. The number of ether oxygens (including phenoxy) is 1. The minimum atomic E-state index is -0.948. The summed E-state index contributed by atoms with van der Waals surface area (Å²) in [5.74, 6) is -0.562. The lowest BCUT2D eigenvalue weighted by molar-refractivity contribution is -0.141.